The SMILES string of the molecule is CCC(C)(C)NCCSc1ccc2ccccc2c1. The topological polar surface area (TPSA) is 12.0 Å². The van der Waals surface area contributed by atoms with Gasteiger partial charge in [0, 0.05) is 22.7 Å². The maximum absolute atomic E-state index is 3.60. The zero-order valence-corrected chi connectivity index (χ0v) is 12.9. The first-order valence-corrected chi connectivity index (χ1v) is 7.96. The largest absolute Gasteiger partial charge is 0.311 e. The third-order valence-electron chi connectivity index (χ3n) is 3.58. The third kappa shape index (κ3) is 4.26. The van der Waals surface area contributed by atoms with Crippen LogP contribution in [0.3, 0.4) is 0 Å². The molecule has 0 fully saturated rings. The zero-order chi connectivity index (χ0) is 13.7. The number of rotatable bonds is 6. The molecule has 0 unspecified atom stereocenters. The lowest BCUT2D eigenvalue weighted by Gasteiger charge is -2.24. The fraction of sp³-hybridized carbons (Fsp3) is 0.412. The first kappa shape index (κ1) is 14.4. The van der Waals surface area contributed by atoms with Crippen LogP contribution in [0.1, 0.15) is 27.2 Å². The van der Waals surface area contributed by atoms with Crippen LogP contribution in [0.15, 0.2) is 47.4 Å². The number of nitrogens with one attached hydrogen (secondary N) is 1. The van der Waals surface area contributed by atoms with E-state index in [0.717, 1.165) is 18.7 Å². The molecule has 0 aliphatic carbocycles. The van der Waals surface area contributed by atoms with Crippen molar-refractivity contribution in [1.82, 2.24) is 5.32 Å². The minimum absolute atomic E-state index is 0.254. The second kappa shape index (κ2) is 6.44. The Morgan fingerprint density at radius 1 is 1.05 bits per heavy atom. The average molecular weight is 273 g/mol. The quantitative estimate of drug-likeness (QED) is 0.604. The molecular formula is C17H23NS. The Morgan fingerprint density at radius 2 is 1.79 bits per heavy atom. The Labute approximate surface area is 120 Å². The van der Waals surface area contributed by atoms with Gasteiger partial charge in [-0.15, -0.1) is 11.8 Å². The van der Waals surface area contributed by atoms with E-state index in [-0.39, 0.29) is 5.54 Å². The molecule has 102 valence electrons. The summed E-state index contributed by atoms with van der Waals surface area (Å²) < 4.78 is 0. The van der Waals surface area contributed by atoms with Crippen LogP contribution < -0.4 is 5.32 Å². The lowest BCUT2D eigenvalue weighted by molar-refractivity contribution is 0.388. The van der Waals surface area contributed by atoms with E-state index >= 15 is 0 Å². The van der Waals surface area contributed by atoms with E-state index in [1.54, 1.807) is 0 Å². The second-order valence-electron chi connectivity index (χ2n) is 5.52. The summed E-state index contributed by atoms with van der Waals surface area (Å²) in [5.74, 6) is 1.11. The molecular weight excluding hydrogens is 250 g/mol. The van der Waals surface area contributed by atoms with Crippen LogP contribution in [0, 0.1) is 0 Å². The van der Waals surface area contributed by atoms with Gasteiger partial charge in [0.1, 0.15) is 0 Å². The van der Waals surface area contributed by atoms with Gasteiger partial charge in [-0.1, -0.05) is 37.3 Å². The summed E-state index contributed by atoms with van der Waals surface area (Å²) in [6.07, 6.45) is 1.16. The fourth-order valence-corrected chi connectivity index (χ4v) is 2.75. The minimum Gasteiger partial charge on any atom is -0.311 e. The maximum Gasteiger partial charge on any atom is 0.0122 e. The summed E-state index contributed by atoms with van der Waals surface area (Å²) in [5, 5.41) is 6.24. The summed E-state index contributed by atoms with van der Waals surface area (Å²) in [6, 6.07) is 15.2. The highest BCUT2D eigenvalue weighted by atomic mass is 32.2. The molecule has 0 saturated carbocycles. The lowest BCUT2D eigenvalue weighted by Crippen LogP contribution is -2.39. The monoisotopic (exact) mass is 273 g/mol. The van der Waals surface area contributed by atoms with Gasteiger partial charge in [-0.25, -0.2) is 0 Å². The fourth-order valence-electron chi connectivity index (χ4n) is 1.94. The van der Waals surface area contributed by atoms with Gasteiger partial charge < -0.3 is 5.32 Å². The molecule has 2 aromatic carbocycles. The van der Waals surface area contributed by atoms with Gasteiger partial charge in [0.2, 0.25) is 0 Å². The maximum atomic E-state index is 3.60. The average Bonchev–Trinajstić information content (AvgIpc) is 2.43. The van der Waals surface area contributed by atoms with Crippen molar-refractivity contribution in [1.29, 1.82) is 0 Å². The summed E-state index contributed by atoms with van der Waals surface area (Å²) in [4.78, 5) is 1.36. The first-order chi connectivity index (χ1) is 9.11. The van der Waals surface area contributed by atoms with Crippen LogP contribution in [0.5, 0.6) is 0 Å². The predicted molar refractivity (Wildman–Crippen MR) is 87.0 cm³/mol. The van der Waals surface area contributed by atoms with Gasteiger partial charge in [0.05, 0.1) is 0 Å². The summed E-state index contributed by atoms with van der Waals surface area (Å²) >= 11 is 1.92. The van der Waals surface area contributed by atoms with Crippen molar-refractivity contribution in [2.45, 2.75) is 37.6 Å². The smallest absolute Gasteiger partial charge is 0.0122 e. The molecule has 2 aromatic rings. The van der Waals surface area contributed by atoms with Gasteiger partial charge >= 0.3 is 0 Å². The van der Waals surface area contributed by atoms with Crippen molar-refractivity contribution in [3.05, 3.63) is 42.5 Å². The van der Waals surface area contributed by atoms with Crippen LogP contribution in [0.2, 0.25) is 0 Å². The van der Waals surface area contributed by atoms with Crippen molar-refractivity contribution in [3.63, 3.8) is 0 Å². The van der Waals surface area contributed by atoms with Gasteiger partial charge in [-0.2, -0.15) is 0 Å². The Kier molecular flexibility index (Phi) is 4.89. The van der Waals surface area contributed by atoms with Gasteiger partial charge in [0.15, 0.2) is 0 Å². The van der Waals surface area contributed by atoms with Crippen LogP contribution in [-0.2, 0) is 0 Å². The Morgan fingerprint density at radius 3 is 2.53 bits per heavy atom. The molecule has 0 aliphatic rings. The van der Waals surface area contributed by atoms with Crippen molar-refractivity contribution < 1.29 is 0 Å². The Balaban J connectivity index is 1.88. The van der Waals surface area contributed by atoms with E-state index in [9.17, 15) is 0 Å². The van der Waals surface area contributed by atoms with Crippen LogP contribution >= 0.6 is 11.8 Å². The molecule has 0 atom stereocenters. The van der Waals surface area contributed by atoms with Gasteiger partial charge in [-0.05, 0) is 43.2 Å². The molecule has 0 saturated heterocycles. The molecule has 2 rings (SSSR count). The summed E-state index contributed by atoms with van der Waals surface area (Å²) in [6.45, 7) is 7.79. The van der Waals surface area contributed by atoms with E-state index < -0.39 is 0 Å². The molecule has 1 N–H and O–H groups in total. The summed E-state index contributed by atoms with van der Waals surface area (Å²) in [5.41, 5.74) is 0.254. The normalized spacial score (nSPS) is 11.9. The molecule has 0 spiro atoms. The van der Waals surface area contributed by atoms with Crippen molar-refractivity contribution in [2.24, 2.45) is 0 Å². The molecule has 1 nitrogen and oxygen atoms in total. The third-order valence-corrected chi connectivity index (χ3v) is 4.57. The number of hydrogen-bond donors (Lipinski definition) is 1. The summed E-state index contributed by atoms with van der Waals surface area (Å²) in [7, 11) is 0. The van der Waals surface area contributed by atoms with Gasteiger partial charge in [0.25, 0.3) is 0 Å². The first-order valence-electron chi connectivity index (χ1n) is 6.97. The van der Waals surface area contributed by atoms with E-state index in [4.69, 9.17) is 0 Å². The van der Waals surface area contributed by atoms with Crippen LogP contribution in [0.25, 0.3) is 10.8 Å². The molecule has 2 heteroatoms. The standard InChI is InChI=1S/C17H23NS/c1-4-17(2,3)18-11-12-19-16-10-9-14-7-5-6-8-15(14)13-16/h5-10,13,18H,4,11-12H2,1-3H3. The number of benzene rings is 2. The molecule has 0 aromatic heterocycles. The number of hydrogen-bond acceptors (Lipinski definition) is 2. The van der Waals surface area contributed by atoms with E-state index in [0.29, 0.717) is 0 Å². The number of thioether (sulfide) groups is 1. The minimum atomic E-state index is 0.254. The second-order valence-corrected chi connectivity index (χ2v) is 6.69. The highest BCUT2D eigenvalue weighted by Gasteiger charge is 2.12. The Hall–Kier alpha value is -0.990. The predicted octanol–water partition coefficient (Wildman–Crippen LogP) is 4.71. The highest BCUT2D eigenvalue weighted by molar-refractivity contribution is 7.99. The van der Waals surface area contributed by atoms with E-state index in [1.807, 2.05) is 11.8 Å². The van der Waals surface area contributed by atoms with Crippen molar-refractivity contribution in [3.8, 4) is 0 Å². The van der Waals surface area contributed by atoms with E-state index in [1.165, 1.54) is 15.7 Å². The molecule has 0 bridgehead atoms. The molecule has 0 amide bonds. The molecule has 19 heavy (non-hydrogen) atoms. The van der Waals surface area contributed by atoms with Crippen LogP contribution in [-0.4, -0.2) is 17.8 Å². The Bertz CT molecular complexity index is 534. The molecule has 0 radical (unpaired) electrons. The molecule has 0 heterocycles. The van der Waals surface area contributed by atoms with Crippen molar-refractivity contribution in [2.75, 3.05) is 12.3 Å². The molecule has 0 aliphatic heterocycles. The number of fused-ring (bicyclic) bond motifs is 1. The highest BCUT2D eigenvalue weighted by Crippen LogP contribution is 2.23. The van der Waals surface area contributed by atoms with Crippen LogP contribution in [0.4, 0.5) is 0 Å². The van der Waals surface area contributed by atoms with Gasteiger partial charge in [-0.3, -0.25) is 0 Å². The van der Waals surface area contributed by atoms with Crippen molar-refractivity contribution >= 4 is 22.5 Å². The van der Waals surface area contributed by atoms with E-state index in [2.05, 4.69) is 68.6 Å². The lowest BCUT2D eigenvalue weighted by atomic mass is 10.0. The zero-order valence-electron chi connectivity index (χ0n) is 12.1.